The zero-order chi connectivity index (χ0) is 14.9. The van der Waals surface area contributed by atoms with Gasteiger partial charge in [-0.15, -0.1) is 11.3 Å². The molecule has 0 fully saturated rings. The molecule has 2 aromatic rings. The van der Waals surface area contributed by atoms with E-state index in [-0.39, 0.29) is 9.77 Å². The Morgan fingerprint density at radius 2 is 2.10 bits per heavy atom. The number of sulfonamides is 1. The molecule has 2 rings (SSSR count). The maximum Gasteiger partial charge on any atom is 0.256 e. The van der Waals surface area contributed by atoms with E-state index in [1.54, 1.807) is 25.1 Å². The molecule has 0 saturated carbocycles. The highest BCUT2D eigenvalue weighted by Crippen LogP contribution is 2.24. The van der Waals surface area contributed by atoms with Crippen LogP contribution in [-0.4, -0.2) is 14.3 Å². The van der Waals surface area contributed by atoms with E-state index >= 15 is 0 Å². The van der Waals surface area contributed by atoms with Gasteiger partial charge in [0.25, 0.3) is 5.91 Å². The predicted molar refractivity (Wildman–Crippen MR) is 79.8 cm³/mol. The second-order valence-electron chi connectivity index (χ2n) is 4.07. The molecule has 20 heavy (non-hydrogen) atoms. The molecule has 0 aliphatic heterocycles. The summed E-state index contributed by atoms with van der Waals surface area (Å²) in [6.45, 7) is 1.78. The lowest BCUT2D eigenvalue weighted by molar-refractivity contribution is 0.102. The number of nitrogens with two attached hydrogens (primary N) is 1. The molecule has 1 aromatic carbocycles. The summed E-state index contributed by atoms with van der Waals surface area (Å²) in [6, 6.07) is 6.39. The lowest BCUT2D eigenvalue weighted by Crippen LogP contribution is -2.13. The number of anilines is 1. The van der Waals surface area contributed by atoms with Crippen LogP contribution in [0.15, 0.2) is 33.9 Å². The number of benzene rings is 1. The minimum atomic E-state index is -3.79. The second kappa shape index (κ2) is 5.53. The van der Waals surface area contributed by atoms with Crippen molar-refractivity contribution in [3.8, 4) is 0 Å². The highest BCUT2D eigenvalue weighted by atomic mass is 35.5. The zero-order valence-electron chi connectivity index (χ0n) is 10.4. The lowest BCUT2D eigenvalue weighted by atomic mass is 10.2. The number of amides is 1. The van der Waals surface area contributed by atoms with Gasteiger partial charge in [0.2, 0.25) is 10.0 Å². The smallest absolute Gasteiger partial charge is 0.256 e. The number of carbonyl (C=O) groups excluding carboxylic acids is 1. The topological polar surface area (TPSA) is 89.3 Å². The molecule has 106 valence electrons. The van der Waals surface area contributed by atoms with Crippen molar-refractivity contribution in [2.45, 2.75) is 11.1 Å². The molecule has 0 aliphatic carbocycles. The van der Waals surface area contributed by atoms with E-state index in [1.165, 1.54) is 11.4 Å². The van der Waals surface area contributed by atoms with Crippen LogP contribution in [0.25, 0.3) is 0 Å². The molecule has 8 heteroatoms. The number of rotatable bonds is 3. The van der Waals surface area contributed by atoms with E-state index in [2.05, 4.69) is 5.32 Å². The molecule has 3 N–H and O–H groups in total. The van der Waals surface area contributed by atoms with Crippen molar-refractivity contribution in [2.24, 2.45) is 5.14 Å². The summed E-state index contributed by atoms with van der Waals surface area (Å²) in [7, 11) is -3.79. The van der Waals surface area contributed by atoms with Crippen molar-refractivity contribution in [1.82, 2.24) is 0 Å². The van der Waals surface area contributed by atoms with E-state index in [0.717, 1.165) is 16.9 Å². The van der Waals surface area contributed by atoms with E-state index in [1.807, 2.05) is 0 Å². The molecular weight excluding hydrogens is 320 g/mol. The SMILES string of the molecule is Cc1c(Cl)cccc1NC(=O)c1csc(S(N)(=O)=O)c1. The third-order valence-electron chi connectivity index (χ3n) is 2.63. The van der Waals surface area contributed by atoms with Gasteiger partial charge < -0.3 is 5.32 Å². The monoisotopic (exact) mass is 330 g/mol. The van der Waals surface area contributed by atoms with Crippen molar-refractivity contribution in [1.29, 1.82) is 0 Å². The number of carbonyl (C=O) groups is 1. The predicted octanol–water partition coefficient (Wildman–Crippen LogP) is 2.61. The minimum absolute atomic E-state index is 0.0505. The minimum Gasteiger partial charge on any atom is -0.322 e. The Labute approximate surface area is 125 Å². The van der Waals surface area contributed by atoms with Crippen molar-refractivity contribution in [2.75, 3.05) is 5.32 Å². The summed E-state index contributed by atoms with van der Waals surface area (Å²) in [6.07, 6.45) is 0. The number of hydrogen-bond donors (Lipinski definition) is 2. The van der Waals surface area contributed by atoms with Crippen LogP contribution in [0.1, 0.15) is 15.9 Å². The molecule has 1 aromatic heterocycles. The fourth-order valence-corrected chi connectivity index (χ4v) is 3.28. The first kappa shape index (κ1) is 15.0. The average molecular weight is 331 g/mol. The van der Waals surface area contributed by atoms with E-state index < -0.39 is 15.9 Å². The van der Waals surface area contributed by atoms with Crippen LogP contribution in [0.3, 0.4) is 0 Å². The number of thiophene rings is 1. The molecule has 0 atom stereocenters. The summed E-state index contributed by atoms with van der Waals surface area (Å²) in [5, 5.41) is 9.66. The normalized spacial score (nSPS) is 11.3. The number of hydrogen-bond acceptors (Lipinski definition) is 4. The van der Waals surface area contributed by atoms with Crippen molar-refractivity contribution < 1.29 is 13.2 Å². The van der Waals surface area contributed by atoms with Crippen LogP contribution >= 0.6 is 22.9 Å². The van der Waals surface area contributed by atoms with Crippen LogP contribution in [0.5, 0.6) is 0 Å². The maximum atomic E-state index is 12.0. The first-order valence-electron chi connectivity index (χ1n) is 5.47. The third-order valence-corrected chi connectivity index (χ3v) is 5.43. The summed E-state index contributed by atoms with van der Waals surface area (Å²) in [5.41, 5.74) is 1.55. The van der Waals surface area contributed by atoms with E-state index in [9.17, 15) is 13.2 Å². The van der Waals surface area contributed by atoms with Gasteiger partial charge in [-0.2, -0.15) is 0 Å². The van der Waals surface area contributed by atoms with Gasteiger partial charge >= 0.3 is 0 Å². The summed E-state index contributed by atoms with van der Waals surface area (Å²) in [4.78, 5) is 12.0. The fraction of sp³-hybridized carbons (Fsp3) is 0.0833. The molecule has 1 amide bonds. The van der Waals surface area contributed by atoms with Crippen molar-refractivity contribution in [3.05, 3.63) is 45.8 Å². The quantitative estimate of drug-likeness (QED) is 0.906. The number of halogens is 1. The van der Waals surface area contributed by atoms with Gasteiger partial charge in [0.15, 0.2) is 0 Å². The molecule has 0 unspecified atom stereocenters. The zero-order valence-corrected chi connectivity index (χ0v) is 12.8. The highest BCUT2D eigenvalue weighted by Gasteiger charge is 2.16. The van der Waals surface area contributed by atoms with Crippen LogP contribution in [0, 0.1) is 6.92 Å². The lowest BCUT2D eigenvalue weighted by Gasteiger charge is -2.08. The Morgan fingerprint density at radius 1 is 1.40 bits per heavy atom. The summed E-state index contributed by atoms with van der Waals surface area (Å²) in [5.74, 6) is -0.415. The average Bonchev–Trinajstić information content (AvgIpc) is 2.84. The molecule has 5 nitrogen and oxygen atoms in total. The van der Waals surface area contributed by atoms with Crippen LogP contribution < -0.4 is 10.5 Å². The second-order valence-corrected chi connectivity index (χ2v) is 7.17. The molecule has 0 radical (unpaired) electrons. The maximum absolute atomic E-state index is 12.0. The molecule has 0 bridgehead atoms. The Hall–Kier alpha value is -1.41. The highest BCUT2D eigenvalue weighted by molar-refractivity contribution is 7.91. The van der Waals surface area contributed by atoms with Crippen molar-refractivity contribution in [3.63, 3.8) is 0 Å². The Bertz CT molecular complexity index is 769. The number of nitrogens with one attached hydrogen (secondary N) is 1. The summed E-state index contributed by atoms with van der Waals surface area (Å²) < 4.78 is 22.3. The van der Waals surface area contributed by atoms with Gasteiger partial charge in [-0.05, 0) is 30.7 Å². The van der Waals surface area contributed by atoms with Gasteiger partial charge in [0.05, 0.1) is 5.56 Å². The van der Waals surface area contributed by atoms with Gasteiger partial charge in [-0.1, -0.05) is 17.7 Å². The largest absolute Gasteiger partial charge is 0.322 e. The Kier molecular flexibility index (Phi) is 4.14. The standard InChI is InChI=1S/C12H11ClN2O3S2/c1-7-9(13)3-2-4-10(7)15-12(16)8-5-11(19-6-8)20(14,17)18/h2-6H,1H3,(H,15,16)(H2,14,17,18). The molecule has 1 heterocycles. The van der Waals surface area contributed by atoms with E-state index in [4.69, 9.17) is 16.7 Å². The molecule has 0 aliphatic rings. The first-order chi connectivity index (χ1) is 9.29. The van der Waals surface area contributed by atoms with Crippen LogP contribution in [0.4, 0.5) is 5.69 Å². The van der Waals surface area contributed by atoms with Gasteiger partial charge in [-0.25, -0.2) is 13.6 Å². The summed E-state index contributed by atoms with van der Waals surface area (Å²) >= 11 is 6.87. The number of primary sulfonamides is 1. The van der Waals surface area contributed by atoms with Gasteiger partial charge in [0.1, 0.15) is 4.21 Å². The van der Waals surface area contributed by atoms with Crippen LogP contribution in [-0.2, 0) is 10.0 Å². The fourth-order valence-electron chi connectivity index (χ4n) is 1.52. The van der Waals surface area contributed by atoms with Gasteiger partial charge in [0, 0.05) is 16.1 Å². The third kappa shape index (κ3) is 3.18. The van der Waals surface area contributed by atoms with E-state index in [0.29, 0.717) is 10.7 Å². The van der Waals surface area contributed by atoms with Crippen molar-refractivity contribution >= 4 is 44.6 Å². The molecule has 0 saturated heterocycles. The molecule has 0 spiro atoms. The first-order valence-corrected chi connectivity index (χ1v) is 8.27. The van der Waals surface area contributed by atoms with Crippen LogP contribution in [0.2, 0.25) is 5.02 Å². The van der Waals surface area contributed by atoms with Gasteiger partial charge in [-0.3, -0.25) is 4.79 Å². The molecular formula is C12H11ClN2O3S2. The Balaban J connectivity index is 2.25. The Morgan fingerprint density at radius 3 is 2.70 bits per heavy atom.